The van der Waals surface area contributed by atoms with Gasteiger partial charge in [-0.1, -0.05) is 6.07 Å². The SMILES string of the molecule is COc1ccc(C)cc1NC(=O)Cn1nc(C(F)(F)F)cc1C. The van der Waals surface area contributed by atoms with Crippen LogP contribution in [0.1, 0.15) is 17.0 Å². The minimum atomic E-state index is -4.54. The number of halogens is 3. The summed E-state index contributed by atoms with van der Waals surface area (Å²) in [5, 5.41) is 6.04. The maximum absolute atomic E-state index is 12.6. The van der Waals surface area contributed by atoms with Gasteiger partial charge in [-0.15, -0.1) is 0 Å². The number of rotatable bonds is 4. The van der Waals surface area contributed by atoms with Crippen LogP contribution in [0.25, 0.3) is 0 Å². The highest BCUT2D eigenvalue weighted by molar-refractivity contribution is 5.92. The zero-order chi connectivity index (χ0) is 17.2. The number of alkyl halides is 3. The van der Waals surface area contributed by atoms with E-state index in [0.29, 0.717) is 11.4 Å². The zero-order valence-corrected chi connectivity index (χ0v) is 12.9. The van der Waals surface area contributed by atoms with E-state index in [1.165, 1.54) is 14.0 Å². The van der Waals surface area contributed by atoms with Crippen molar-refractivity contribution in [1.82, 2.24) is 9.78 Å². The first-order valence-corrected chi connectivity index (χ1v) is 6.77. The molecular weight excluding hydrogens is 311 g/mol. The second-order valence-electron chi connectivity index (χ2n) is 5.08. The van der Waals surface area contributed by atoms with Gasteiger partial charge in [0.25, 0.3) is 0 Å². The van der Waals surface area contributed by atoms with Crippen molar-refractivity contribution in [2.45, 2.75) is 26.6 Å². The van der Waals surface area contributed by atoms with Gasteiger partial charge in [0.2, 0.25) is 5.91 Å². The minimum absolute atomic E-state index is 0.253. The van der Waals surface area contributed by atoms with Gasteiger partial charge < -0.3 is 10.1 Å². The maximum Gasteiger partial charge on any atom is 0.435 e. The lowest BCUT2D eigenvalue weighted by molar-refractivity contribution is -0.141. The molecule has 1 amide bonds. The predicted octanol–water partition coefficient (Wildman–Crippen LogP) is 3.17. The Balaban J connectivity index is 2.14. The van der Waals surface area contributed by atoms with Crippen LogP contribution in [0, 0.1) is 13.8 Å². The molecule has 0 radical (unpaired) electrons. The number of ether oxygens (including phenoxy) is 1. The van der Waals surface area contributed by atoms with Crippen molar-refractivity contribution in [1.29, 1.82) is 0 Å². The fourth-order valence-electron chi connectivity index (χ4n) is 2.05. The monoisotopic (exact) mass is 327 g/mol. The topological polar surface area (TPSA) is 56.1 Å². The van der Waals surface area contributed by atoms with Crippen LogP contribution in [0.2, 0.25) is 0 Å². The van der Waals surface area contributed by atoms with E-state index < -0.39 is 17.8 Å². The van der Waals surface area contributed by atoms with E-state index in [1.807, 2.05) is 13.0 Å². The molecule has 0 spiro atoms. The second-order valence-corrected chi connectivity index (χ2v) is 5.08. The van der Waals surface area contributed by atoms with Crippen molar-refractivity contribution in [2.24, 2.45) is 0 Å². The van der Waals surface area contributed by atoms with Gasteiger partial charge in [-0.05, 0) is 37.6 Å². The molecule has 124 valence electrons. The quantitative estimate of drug-likeness (QED) is 0.938. The Kier molecular flexibility index (Phi) is 4.63. The molecule has 23 heavy (non-hydrogen) atoms. The zero-order valence-electron chi connectivity index (χ0n) is 12.9. The summed E-state index contributed by atoms with van der Waals surface area (Å²) in [6.07, 6.45) is -4.54. The summed E-state index contributed by atoms with van der Waals surface area (Å²) in [6, 6.07) is 6.14. The van der Waals surface area contributed by atoms with Crippen LogP contribution in [0.15, 0.2) is 24.3 Å². The molecule has 0 atom stereocenters. The molecule has 0 fully saturated rings. The van der Waals surface area contributed by atoms with Crippen LogP contribution in [-0.2, 0) is 17.5 Å². The van der Waals surface area contributed by atoms with Crippen LogP contribution in [0.4, 0.5) is 18.9 Å². The summed E-state index contributed by atoms with van der Waals surface area (Å²) in [7, 11) is 1.47. The summed E-state index contributed by atoms with van der Waals surface area (Å²) in [5.74, 6) is -0.0223. The van der Waals surface area contributed by atoms with Crippen molar-refractivity contribution < 1.29 is 22.7 Å². The number of aromatic nitrogens is 2. The number of anilines is 1. The molecule has 0 aliphatic carbocycles. The van der Waals surface area contributed by atoms with Gasteiger partial charge in [-0.2, -0.15) is 18.3 Å². The number of hydrogen-bond donors (Lipinski definition) is 1. The fraction of sp³-hybridized carbons (Fsp3) is 0.333. The number of nitrogens with one attached hydrogen (secondary N) is 1. The number of carbonyl (C=O) groups is 1. The average Bonchev–Trinajstić information content (AvgIpc) is 2.80. The Labute approximate surface area is 131 Å². The van der Waals surface area contributed by atoms with Crippen molar-refractivity contribution in [3.8, 4) is 5.75 Å². The number of amides is 1. The molecule has 1 N–H and O–H groups in total. The molecule has 0 aliphatic heterocycles. The summed E-state index contributed by atoms with van der Waals surface area (Å²) >= 11 is 0. The van der Waals surface area contributed by atoms with Gasteiger partial charge >= 0.3 is 6.18 Å². The summed E-state index contributed by atoms with van der Waals surface area (Å²) in [4.78, 5) is 12.1. The number of methoxy groups -OCH3 is 1. The van der Waals surface area contributed by atoms with Crippen molar-refractivity contribution in [3.05, 3.63) is 41.2 Å². The van der Waals surface area contributed by atoms with E-state index >= 15 is 0 Å². The summed E-state index contributed by atoms with van der Waals surface area (Å²) in [6.45, 7) is 2.99. The molecule has 0 saturated carbocycles. The van der Waals surface area contributed by atoms with Crippen LogP contribution in [0.5, 0.6) is 5.75 Å². The van der Waals surface area contributed by atoms with E-state index in [0.717, 1.165) is 16.3 Å². The van der Waals surface area contributed by atoms with Crippen molar-refractivity contribution in [2.75, 3.05) is 12.4 Å². The fourth-order valence-corrected chi connectivity index (χ4v) is 2.05. The lowest BCUT2D eigenvalue weighted by Crippen LogP contribution is -2.21. The van der Waals surface area contributed by atoms with Gasteiger partial charge in [0.1, 0.15) is 12.3 Å². The van der Waals surface area contributed by atoms with Gasteiger partial charge in [0.05, 0.1) is 12.8 Å². The standard InChI is InChI=1S/C15H16F3N3O2/c1-9-4-5-12(23-3)11(6-9)19-14(22)8-21-10(2)7-13(20-21)15(16,17)18/h4-7H,8H2,1-3H3,(H,19,22). The Morgan fingerprint density at radius 2 is 2.00 bits per heavy atom. The first-order valence-electron chi connectivity index (χ1n) is 6.77. The van der Waals surface area contributed by atoms with Gasteiger partial charge in [-0.25, -0.2) is 0 Å². The Morgan fingerprint density at radius 3 is 2.57 bits per heavy atom. The third-order valence-corrected chi connectivity index (χ3v) is 3.19. The lowest BCUT2D eigenvalue weighted by atomic mass is 10.2. The summed E-state index contributed by atoms with van der Waals surface area (Å²) in [5.41, 5.74) is 0.605. The van der Waals surface area contributed by atoms with E-state index in [4.69, 9.17) is 4.74 Å². The van der Waals surface area contributed by atoms with Crippen molar-refractivity contribution >= 4 is 11.6 Å². The second kappa shape index (κ2) is 6.31. The van der Waals surface area contributed by atoms with E-state index in [1.54, 1.807) is 12.1 Å². The van der Waals surface area contributed by atoms with Crippen LogP contribution < -0.4 is 10.1 Å². The number of aryl methyl sites for hydroxylation is 2. The molecule has 1 aromatic heterocycles. The summed E-state index contributed by atoms with van der Waals surface area (Å²) < 4.78 is 44.0. The van der Waals surface area contributed by atoms with Crippen LogP contribution in [-0.4, -0.2) is 22.8 Å². The smallest absolute Gasteiger partial charge is 0.435 e. The third kappa shape index (κ3) is 4.02. The molecule has 2 aromatic rings. The molecule has 8 heteroatoms. The molecule has 0 aliphatic rings. The van der Waals surface area contributed by atoms with E-state index in [2.05, 4.69) is 10.4 Å². The van der Waals surface area contributed by atoms with Crippen molar-refractivity contribution in [3.63, 3.8) is 0 Å². The highest BCUT2D eigenvalue weighted by Gasteiger charge is 2.34. The van der Waals surface area contributed by atoms with E-state index in [-0.39, 0.29) is 12.2 Å². The maximum atomic E-state index is 12.6. The first-order chi connectivity index (χ1) is 10.7. The largest absolute Gasteiger partial charge is 0.495 e. The van der Waals surface area contributed by atoms with Crippen LogP contribution >= 0.6 is 0 Å². The number of benzene rings is 1. The lowest BCUT2D eigenvalue weighted by Gasteiger charge is -2.11. The normalized spacial score (nSPS) is 11.4. The van der Waals surface area contributed by atoms with Crippen LogP contribution in [0.3, 0.4) is 0 Å². The number of nitrogens with zero attached hydrogens (tertiary/aromatic N) is 2. The number of carbonyl (C=O) groups excluding carboxylic acids is 1. The van der Waals surface area contributed by atoms with E-state index in [9.17, 15) is 18.0 Å². The molecule has 1 heterocycles. The first kappa shape index (κ1) is 16.9. The van der Waals surface area contributed by atoms with Gasteiger partial charge in [-0.3, -0.25) is 9.48 Å². The predicted molar refractivity (Wildman–Crippen MR) is 78.3 cm³/mol. The molecule has 0 unspecified atom stereocenters. The molecule has 5 nitrogen and oxygen atoms in total. The molecule has 0 bridgehead atoms. The Hall–Kier alpha value is -2.51. The molecular formula is C15H16F3N3O2. The highest BCUT2D eigenvalue weighted by Crippen LogP contribution is 2.28. The number of hydrogen-bond acceptors (Lipinski definition) is 3. The van der Waals surface area contributed by atoms with Gasteiger partial charge in [0, 0.05) is 5.69 Å². The Bertz CT molecular complexity index is 723. The van der Waals surface area contributed by atoms with Gasteiger partial charge in [0.15, 0.2) is 5.69 Å². The third-order valence-electron chi connectivity index (χ3n) is 3.19. The molecule has 1 aromatic carbocycles. The highest BCUT2D eigenvalue weighted by atomic mass is 19.4. The molecule has 0 saturated heterocycles. The molecule has 2 rings (SSSR count). The minimum Gasteiger partial charge on any atom is -0.495 e. The average molecular weight is 327 g/mol. The Morgan fingerprint density at radius 1 is 1.30 bits per heavy atom.